The summed E-state index contributed by atoms with van der Waals surface area (Å²) in [7, 11) is 0.825. The molecule has 0 amide bonds. The van der Waals surface area contributed by atoms with Crippen molar-refractivity contribution in [3.8, 4) is 0 Å². The molecule has 0 aromatic heterocycles. The number of benzene rings is 1. The minimum Gasteiger partial charge on any atom is -0.467 e. The number of aliphatic hydroxyl groups is 2. The Labute approximate surface area is 119 Å². The molecule has 0 aliphatic rings. The smallest absolute Gasteiger partial charge is 0.416 e. The second-order valence-corrected chi connectivity index (χ2v) is 4.25. The number of alkyl halides is 6. The van der Waals surface area contributed by atoms with Crippen molar-refractivity contribution in [3.05, 3.63) is 34.9 Å². The lowest BCUT2D eigenvalue weighted by atomic mass is 9.98. The van der Waals surface area contributed by atoms with Gasteiger partial charge in [0.2, 0.25) is 0 Å². The monoisotopic (exact) mass is 332 g/mol. The van der Waals surface area contributed by atoms with Gasteiger partial charge in [0.25, 0.3) is 0 Å². The number of carbonyl (C=O) groups is 1. The Hall–Kier alpha value is -1.81. The molecule has 1 aromatic rings. The molecule has 2 N–H and O–H groups in total. The number of rotatable bonds is 3. The predicted molar refractivity (Wildman–Crippen MR) is 59.4 cm³/mol. The summed E-state index contributed by atoms with van der Waals surface area (Å²) in [4.78, 5) is 11.0. The van der Waals surface area contributed by atoms with Gasteiger partial charge < -0.3 is 14.9 Å². The average molecular weight is 332 g/mol. The fourth-order valence-electron chi connectivity index (χ4n) is 1.58. The molecule has 0 aliphatic heterocycles. The van der Waals surface area contributed by atoms with Crippen LogP contribution in [0.1, 0.15) is 22.8 Å². The van der Waals surface area contributed by atoms with Crippen molar-refractivity contribution in [1.29, 1.82) is 0 Å². The summed E-state index contributed by atoms with van der Waals surface area (Å²) in [6.45, 7) is 0. The summed E-state index contributed by atoms with van der Waals surface area (Å²) >= 11 is 0. The molecule has 0 bridgehead atoms. The molecular weight excluding hydrogens is 322 g/mol. The van der Waals surface area contributed by atoms with E-state index in [4.69, 9.17) is 0 Å². The van der Waals surface area contributed by atoms with Gasteiger partial charge in [0.15, 0.2) is 6.10 Å². The molecule has 124 valence electrons. The van der Waals surface area contributed by atoms with Crippen LogP contribution >= 0.6 is 0 Å². The van der Waals surface area contributed by atoms with Gasteiger partial charge in [0.05, 0.1) is 18.2 Å². The van der Waals surface area contributed by atoms with Gasteiger partial charge >= 0.3 is 18.3 Å². The van der Waals surface area contributed by atoms with Crippen LogP contribution in [0.15, 0.2) is 18.2 Å². The topological polar surface area (TPSA) is 66.8 Å². The van der Waals surface area contributed by atoms with Gasteiger partial charge in [-0.3, -0.25) is 0 Å². The van der Waals surface area contributed by atoms with Crippen LogP contribution in [0.2, 0.25) is 0 Å². The van der Waals surface area contributed by atoms with Crippen molar-refractivity contribution in [2.45, 2.75) is 24.6 Å². The van der Waals surface area contributed by atoms with Gasteiger partial charge in [-0.05, 0) is 23.8 Å². The van der Waals surface area contributed by atoms with Crippen LogP contribution in [0, 0.1) is 0 Å². The molecule has 0 fully saturated rings. The van der Waals surface area contributed by atoms with Crippen LogP contribution in [0.5, 0.6) is 0 Å². The van der Waals surface area contributed by atoms with Crippen molar-refractivity contribution in [3.63, 3.8) is 0 Å². The number of hydrogen-bond donors (Lipinski definition) is 2. The third-order valence-electron chi connectivity index (χ3n) is 2.69. The van der Waals surface area contributed by atoms with Gasteiger partial charge in [-0.15, -0.1) is 0 Å². The molecule has 1 rings (SSSR count). The molecule has 0 spiro atoms. The van der Waals surface area contributed by atoms with Gasteiger partial charge in [-0.1, -0.05) is 0 Å². The summed E-state index contributed by atoms with van der Waals surface area (Å²) in [5.74, 6) is -1.40. The van der Waals surface area contributed by atoms with Crippen LogP contribution in [0.4, 0.5) is 26.3 Å². The van der Waals surface area contributed by atoms with Crippen LogP contribution in [-0.4, -0.2) is 29.4 Å². The number of methoxy groups -OCH3 is 1. The number of carbonyl (C=O) groups excluding carboxylic acids is 1. The standard InChI is InChI=1S/C12H10F6O4/c1-22-10(21)9(20)8(19)5-2-6(11(13,14)15)4-7(3-5)12(16,17)18/h2-4,8-9,19-20H,1H3. The molecular formula is C12H10F6O4. The lowest BCUT2D eigenvalue weighted by Gasteiger charge is -2.19. The lowest BCUT2D eigenvalue weighted by Crippen LogP contribution is -2.29. The third-order valence-corrected chi connectivity index (χ3v) is 2.69. The van der Waals surface area contributed by atoms with E-state index in [1.54, 1.807) is 0 Å². The van der Waals surface area contributed by atoms with Crippen molar-refractivity contribution in [2.24, 2.45) is 0 Å². The molecule has 0 heterocycles. The van der Waals surface area contributed by atoms with Gasteiger partial charge in [0.1, 0.15) is 6.10 Å². The highest BCUT2D eigenvalue weighted by Crippen LogP contribution is 2.37. The molecule has 0 saturated carbocycles. The zero-order valence-corrected chi connectivity index (χ0v) is 10.9. The maximum Gasteiger partial charge on any atom is 0.416 e. The first-order valence-electron chi connectivity index (χ1n) is 5.61. The van der Waals surface area contributed by atoms with E-state index >= 15 is 0 Å². The molecule has 0 saturated heterocycles. The lowest BCUT2D eigenvalue weighted by molar-refractivity contribution is -0.156. The second-order valence-electron chi connectivity index (χ2n) is 4.25. The van der Waals surface area contributed by atoms with E-state index in [0.29, 0.717) is 0 Å². The van der Waals surface area contributed by atoms with Crippen LogP contribution in [0.3, 0.4) is 0 Å². The van der Waals surface area contributed by atoms with Crippen LogP contribution in [0.25, 0.3) is 0 Å². The van der Waals surface area contributed by atoms with Crippen molar-refractivity contribution < 1.29 is 46.1 Å². The number of aliphatic hydroxyl groups excluding tert-OH is 2. The van der Waals surface area contributed by atoms with Crippen LogP contribution < -0.4 is 0 Å². The Morgan fingerprint density at radius 1 is 1.00 bits per heavy atom. The van der Waals surface area contributed by atoms with Gasteiger partial charge in [-0.25, -0.2) is 4.79 Å². The first kappa shape index (κ1) is 18.2. The molecule has 4 nitrogen and oxygen atoms in total. The fraction of sp³-hybridized carbons (Fsp3) is 0.417. The molecule has 2 unspecified atom stereocenters. The largest absolute Gasteiger partial charge is 0.467 e. The first-order valence-corrected chi connectivity index (χ1v) is 5.61. The number of halogens is 6. The molecule has 1 aromatic carbocycles. The first-order chi connectivity index (χ1) is 9.87. The molecule has 0 radical (unpaired) electrons. The Kier molecular flexibility index (Phi) is 5.08. The molecule has 0 aliphatic carbocycles. The van der Waals surface area contributed by atoms with Crippen molar-refractivity contribution in [2.75, 3.05) is 7.11 Å². The summed E-state index contributed by atoms with van der Waals surface area (Å²) in [5, 5.41) is 18.9. The molecule has 2 atom stereocenters. The zero-order chi connectivity index (χ0) is 17.3. The van der Waals surface area contributed by atoms with Gasteiger partial charge in [0, 0.05) is 0 Å². The Balaban J connectivity index is 3.38. The molecule has 10 heteroatoms. The molecule has 22 heavy (non-hydrogen) atoms. The second kappa shape index (κ2) is 6.13. The number of hydrogen-bond acceptors (Lipinski definition) is 4. The van der Waals surface area contributed by atoms with Crippen molar-refractivity contribution in [1.82, 2.24) is 0 Å². The summed E-state index contributed by atoms with van der Waals surface area (Å²) in [6, 6.07) is 0.291. The minimum absolute atomic E-state index is 0.138. The Morgan fingerprint density at radius 2 is 1.41 bits per heavy atom. The average Bonchev–Trinajstić information content (AvgIpc) is 2.42. The van der Waals surface area contributed by atoms with E-state index in [2.05, 4.69) is 4.74 Å². The van der Waals surface area contributed by atoms with E-state index in [0.717, 1.165) is 7.11 Å². The number of esters is 1. The Morgan fingerprint density at radius 3 is 1.73 bits per heavy atom. The van der Waals surface area contributed by atoms with E-state index in [1.807, 2.05) is 0 Å². The van der Waals surface area contributed by atoms with E-state index in [-0.39, 0.29) is 18.2 Å². The summed E-state index contributed by atoms with van der Waals surface area (Å²) in [5.41, 5.74) is -4.26. The normalized spacial score (nSPS) is 15.3. The Bertz CT molecular complexity index is 519. The van der Waals surface area contributed by atoms with Crippen LogP contribution in [-0.2, 0) is 21.9 Å². The SMILES string of the molecule is COC(=O)C(O)C(O)c1cc(C(F)(F)F)cc(C(F)(F)F)c1. The van der Waals surface area contributed by atoms with Gasteiger partial charge in [-0.2, -0.15) is 26.3 Å². The summed E-state index contributed by atoms with van der Waals surface area (Å²) in [6.07, 6.45) is -14.8. The third kappa shape index (κ3) is 4.10. The van der Waals surface area contributed by atoms with E-state index in [1.165, 1.54) is 0 Å². The zero-order valence-electron chi connectivity index (χ0n) is 10.9. The highest BCUT2D eigenvalue weighted by Gasteiger charge is 2.38. The number of ether oxygens (including phenoxy) is 1. The van der Waals surface area contributed by atoms with Crippen molar-refractivity contribution >= 4 is 5.97 Å². The highest BCUT2D eigenvalue weighted by molar-refractivity contribution is 5.75. The fourth-order valence-corrected chi connectivity index (χ4v) is 1.58. The highest BCUT2D eigenvalue weighted by atomic mass is 19.4. The summed E-state index contributed by atoms with van der Waals surface area (Å²) < 4.78 is 79.8. The quantitative estimate of drug-likeness (QED) is 0.658. The van der Waals surface area contributed by atoms with E-state index in [9.17, 15) is 41.4 Å². The maximum atomic E-state index is 12.6. The van der Waals surface area contributed by atoms with E-state index < -0.39 is 47.2 Å². The minimum atomic E-state index is -5.11. The maximum absolute atomic E-state index is 12.6. The predicted octanol–water partition coefficient (Wildman–Crippen LogP) is 2.29.